The zero-order chi connectivity index (χ0) is 22.5. The maximum absolute atomic E-state index is 13.2. The molecule has 3 rings (SSSR count). The second-order valence-electron chi connectivity index (χ2n) is 6.73. The first kappa shape index (κ1) is 22.7. The third kappa shape index (κ3) is 5.21. The van der Waals surface area contributed by atoms with Crippen LogP contribution >= 0.6 is 23.4 Å². The van der Waals surface area contributed by atoms with E-state index in [-0.39, 0.29) is 23.3 Å². The van der Waals surface area contributed by atoms with Crippen LogP contribution < -0.4 is 14.4 Å². The number of amidine groups is 1. The fraction of sp³-hybridized carbons (Fsp3) is 0.227. The van der Waals surface area contributed by atoms with Crippen LogP contribution in [0.2, 0.25) is 5.02 Å². The van der Waals surface area contributed by atoms with Gasteiger partial charge in [0.05, 0.1) is 30.7 Å². The van der Waals surface area contributed by atoms with Crippen molar-refractivity contribution in [3.05, 3.63) is 58.7 Å². The van der Waals surface area contributed by atoms with Gasteiger partial charge in [0.25, 0.3) is 5.91 Å². The monoisotopic (exact) mass is 459 g/mol. The molecular weight excluding hydrogens is 438 g/mol. The molecule has 2 amide bonds. The smallest absolute Gasteiger partial charge is 0.283 e. The number of nitrogens with zero attached hydrogens (tertiary/aromatic N) is 3. The van der Waals surface area contributed by atoms with Gasteiger partial charge in [0, 0.05) is 20.2 Å². The number of halogens is 1. The molecule has 9 heteroatoms. The summed E-state index contributed by atoms with van der Waals surface area (Å²) in [4.78, 5) is 32.8. The van der Waals surface area contributed by atoms with Crippen molar-refractivity contribution >= 4 is 52.1 Å². The first-order chi connectivity index (χ1) is 14.8. The number of benzene rings is 2. The van der Waals surface area contributed by atoms with Crippen molar-refractivity contribution in [2.24, 2.45) is 4.99 Å². The second kappa shape index (κ2) is 9.89. The van der Waals surface area contributed by atoms with Gasteiger partial charge in [0.15, 0.2) is 5.17 Å². The van der Waals surface area contributed by atoms with Gasteiger partial charge in [-0.05, 0) is 35.9 Å². The van der Waals surface area contributed by atoms with Crippen LogP contribution in [0.25, 0.3) is 6.08 Å². The Morgan fingerprint density at radius 2 is 1.87 bits per heavy atom. The van der Waals surface area contributed by atoms with Gasteiger partial charge in [-0.15, -0.1) is 0 Å². The molecule has 7 nitrogen and oxygen atoms in total. The Balaban J connectivity index is 1.97. The summed E-state index contributed by atoms with van der Waals surface area (Å²) in [5.74, 6) is 0.919. The highest BCUT2D eigenvalue weighted by molar-refractivity contribution is 8.14. The Kier molecular flexibility index (Phi) is 7.25. The zero-order valence-electron chi connectivity index (χ0n) is 17.6. The summed E-state index contributed by atoms with van der Waals surface area (Å²) in [5.41, 5.74) is 1.61. The molecule has 0 saturated heterocycles. The number of thioether (sulfide) groups is 1. The minimum atomic E-state index is -0.306. The normalized spacial score (nSPS) is 14.6. The van der Waals surface area contributed by atoms with Gasteiger partial charge >= 0.3 is 0 Å². The highest BCUT2D eigenvalue weighted by Gasteiger charge is 2.33. The Bertz CT molecular complexity index is 1050. The molecular formula is C22H22ClN3O4S. The van der Waals surface area contributed by atoms with Crippen molar-refractivity contribution in [3.8, 4) is 11.5 Å². The molecule has 0 saturated carbocycles. The molecule has 0 radical (unpaired) electrons. The van der Waals surface area contributed by atoms with Gasteiger partial charge in [0.2, 0.25) is 5.91 Å². The fourth-order valence-corrected chi connectivity index (χ4v) is 3.91. The van der Waals surface area contributed by atoms with Gasteiger partial charge in [0.1, 0.15) is 17.2 Å². The van der Waals surface area contributed by atoms with Crippen molar-refractivity contribution < 1.29 is 19.1 Å². The Hall–Kier alpha value is -2.97. The lowest BCUT2D eigenvalue weighted by molar-refractivity contribution is -0.125. The van der Waals surface area contributed by atoms with E-state index in [1.54, 1.807) is 45.5 Å². The van der Waals surface area contributed by atoms with Crippen molar-refractivity contribution in [2.75, 3.05) is 39.0 Å². The number of amides is 2. The highest BCUT2D eigenvalue weighted by Crippen LogP contribution is 2.34. The Morgan fingerprint density at radius 1 is 1.16 bits per heavy atom. The van der Waals surface area contributed by atoms with Crippen molar-refractivity contribution in [3.63, 3.8) is 0 Å². The first-order valence-electron chi connectivity index (χ1n) is 9.29. The molecule has 1 aliphatic rings. The third-order valence-electron chi connectivity index (χ3n) is 4.47. The molecule has 2 aromatic carbocycles. The van der Waals surface area contributed by atoms with E-state index in [2.05, 4.69) is 4.99 Å². The van der Waals surface area contributed by atoms with Crippen molar-refractivity contribution in [1.82, 2.24) is 4.90 Å². The summed E-state index contributed by atoms with van der Waals surface area (Å²) in [7, 11) is 6.46. The molecule has 0 N–H and O–H groups in total. The van der Waals surface area contributed by atoms with Crippen LogP contribution in [-0.4, -0.2) is 55.9 Å². The predicted molar refractivity (Wildman–Crippen MR) is 125 cm³/mol. The molecule has 0 bridgehead atoms. The standard InChI is InChI=1S/C22H22ClN3O4S/c1-25(2)20(27)13-31-22-24-18(11-14-5-8-16(29-3)9-6-14)21(28)26(22)15-7-10-17(23)19(12-15)30-4/h5-12H,13H2,1-4H3/b18-11-. The maximum atomic E-state index is 13.2. The largest absolute Gasteiger partial charge is 0.497 e. The average Bonchev–Trinajstić information content (AvgIpc) is 3.07. The van der Waals surface area contributed by atoms with E-state index < -0.39 is 0 Å². The van der Waals surface area contributed by atoms with Gasteiger partial charge < -0.3 is 14.4 Å². The van der Waals surface area contributed by atoms with Crippen molar-refractivity contribution in [2.45, 2.75) is 0 Å². The van der Waals surface area contributed by atoms with Crippen LogP contribution in [0.4, 0.5) is 5.69 Å². The summed E-state index contributed by atoms with van der Waals surface area (Å²) >= 11 is 7.33. The predicted octanol–water partition coefficient (Wildman–Crippen LogP) is 3.92. The molecule has 0 aromatic heterocycles. The molecule has 0 fully saturated rings. The zero-order valence-corrected chi connectivity index (χ0v) is 19.2. The SMILES string of the molecule is COc1ccc(/C=C2\N=C(SCC(=O)N(C)C)N(c3ccc(Cl)c(OC)c3)C2=O)cc1. The lowest BCUT2D eigenvalue weighted by atomic mass is 10.2. The molecule has 0 aliphatic carbocycles. The van der Waals surface area contributed by atoms with E-state index in [1.807, 2.05) is 24.3 Å². The van der Waals surface area contributed by atoms with Crippen LogP contribution in [0, 0.1) is 0 Å². The van der Waals surface area contributed by atoms with E-state index >= 15 is 0 Å². The van der Waals surface area contributed by atoms with Gasteiger partial charge in [-0.2, -0.15) is 0 Å². The van der Waals surface area contributed by atoms with Crippen LogP contribution in [0.1, 0.15) is 5.56 Å². The molecule has 2 aromatic rings. The topological polar surface area (TPSA) is 71.4 Å². The van der Waals surface area contributed by atoms with Crippen LogP contribution in [0.15, 0.2) is 53.2 Å². The Labute approximate surface area is 190 Å². The minimum Gasteiger partial charge on any atom is -0.497 e. The maximum Gasteiger partial charge on any atom is 0.283 e. The Morgan fingerprint density at radius 3 is 2.48 bits per heavy atom. The number of carbonyl (C=O) groups is 2. The molecule has 1 aliphatic heterocycles. The average molecular weight is 460 g/mol. The molecule has 0 spiro atoms. The number of carbonyl (C=O) groups excluding carboxylic acids is 2. The van der Waals surface area contributed by atoms with E-state index in [9.17, 15) is 9.59 Å². The quantitative estimate of drug-likeness (QED) is 0.612. The first-order valence-corrected chi connectivity index (χ1v) is 10.7. The van der Waals surface area contributed by atoms with Crippen molar-refractivity contribution in [1.29, 1.82) is 0 Å². The van der Waals surface area contributed by atoms with E-state index in [0.29, 0.717) is 21.6 Å². The molecule has 162 valence electrons. The van der Waals surface area contributed by atoms with Gasteiger partial charge in [-0.25, -0.2) is 4.99 Å². The van der Waals surface area contributed by atoms with Crippen LogP contribution in [0.3, 0.4) is 0 Å². The van der Waals surface area contributed by atoms with Crippen LogP contribution in [0.5, 0.6) is 11.5 Å². The van der Waals surface area contributed by atoms with E-state index in [4.69, 9.17) is 21.1 Å². The number of hydrogen-bond acceptors (Lipinski definition) is 6. The molecule has 0 atom stereocenters. The number of hydrogen-bond donors (Lipinski definition) is 0. The van der Waals surface area contributed by atoms with E-state index in [1.165, 1.54) is 28.7 Å². The van der Waals surface area contributed by atoms with Gasteiger partial charge in [-0.3, -0.25) is 14.5 Å². The molecule has 1 heterocycles. The number of rotatable bonds is 6. The molecule has 31 heavy (non-hydrogen) atoms. The molecule has 0 unspecified atom stereocenters. The summed E-state index contributed by atoms with van der Waals surface area (Å²) in [6.07, 6.45) is 1.70. The number of anilines is 1. The summed E-state index contributed by atoms with van der Waals surface area (Å²) in [6, 6.07) is 12.3. The summed E-state index contributed by atoms with van der Waals surface area (Å²) < 4.78 is 10.5. The number of ether oxygens (including phenoxy) is 2. The summed E-state index contributed by atoms with van der Waals surface area (Å²) in [6.45, 7) is 0. The van der Waals surface area contributed by atoms with Crippen LogP contribution in [-0.2, 0) is 9.59 Å². The second-order valence-corrected chi connectivity index (χ2v) is 8.08. The third-order valence-corrected chi connectivity index (χ3v) is 5.70. The number of aliphatic imine (C=N–C) groups is 1. The van der Waals surface area contributed by atoms with Gasteiger partial charge in [-0.1, -0.05) is 35.5 Å². The lowest BCUT2D eigenvalue weighted by Crippen LogP contribution is -2.32. The van der Waals surface area contributed by atoms with E-state index in [0.717, 1.165) is 11.3 Å². The fourth-order valence-electron chi connectivity index (χ4n) is 2.72. The minimum absolute atomic E-state index is 0.0821. The highest BCUT2D eigenvalue weighted by atomic mass is 35.5. The summed E-state index contributed by atoms with van der Waals surface area (Å²) in [5, 5.41) is 0.838. The number of methoxy groups -OCH3 is 2. The lowest BCUT2D eigenvalue weighted by Gasteiger charge is -2.19.